The largest absolute Gasteiger partial charge is 0.478 e. The van der Waals surface area contributed by atoms with Crippen molar-refractivity contribution in [2.75, 3.05) is 24.5 Å². The summed E-state index contributed by atoms with van der Waals surface area (Å²) in [5.74, 6) is -1.05. The molecule has 144 valence electrons. The van der Waals surface area contributed by atoms with E-state index in [9.17, 15) is 13.2 Å². The molecule has 0 spiro atoms. The lowest BCUT2D eigenvalue weighted by atomic mass is 10.2. The van der Waals surface area contributed by atoms with Gasteiger partial charge in [-0.25, -0.2) is 17.9 Å². The molecule has 0 aliphatic rings. The summed E-state index contributed by atoms with van der Waals surface area (Å²) in [4.78, 5) is 12.8. The number of aliphatic carboxylic acids is 1. The van der Waals surface area contributed by atoms with E-state index in [1.165, 1.54) is 18.2 Å². The summed E-state index contributed by atoms with van der Waals surface area (Å²) < 4.78 is 27.5. The number of carbonyl (C=O) groups is 1. The Morgan fingerprint density at radius 1 is 1.19 bits per heavy atom. The second-order valence-electron chi connectivity index (χ2n) is 6.06. The Morgan fingerprint density at radius 2 is 1.89 bits per heavy atom. The lowest BCUT2D eigenvalue weighted by Gasteiger charge is -2.23. The molecule has 0 atom stereocenters. The van der Waals surface area contributed by atoms with Crippen LogP contribution in [0.5, 0.6) is 0 Å². The van der Waals surface area contributed by atoms with Crippen molar-refractivity contribution < 1.29 is 18.3 Å². The minimum atomic E-state index is -3.62. The van der Waals surface area contributed by atoms with Gasteiger partial charge in [-0.3, -0.25) is 0 Å². The number of nitrogens with zero attached hydrogens (tertiary/aromatic N) is 1. The van der Waals surface area contributed by atoms with Crippen molar-refractivity contribution in [3.05, 3.63) is 65.7 Å². The summed E-state index contributed by atoms with van der Waals surface area (Å²) in [6.07, 6.45) is 2.42. The van der Waals surface area contributed by atoms with Crippen LogP contribution in [-0.4, -0.2) is 39.1 Å². The average molecular weight is 388 g/mol. The number of carboxylic acid groups (broad SMARTS) is 1. The van der Waals surface area contributed by atoms with Crippen LogP contribution in [-0.2, 0) is 14.8 Å². The number of hydrogen-bond acceptors (Lipinski definition) is 4. The zero-order valence-electron chi connectivity index (χ0n) is 15.4. The fraction of sp³-hybridized carbons (Fsp3) is 0.250. The third-order valence-electron chi connectivity index (χ3n) is 4.03. The maximum atomic E-state index is 12.4. The molecule has 0 aromatic heterocycles. The van der Waals surface area contributed by atoms with Crippen molar-refractivity contribution in [1.82, 2.24) is 4.72 Å². The van der Waals surface area contributed by atoms with Crippen LogP contribution in [0.4, 0.5) is 5.69 Å². The Labute approximate surface area is 160 Å². The van der Waals surface area contributed by atoms with Crippen molar-refractivity contribution >= 4 is 27.8 Å². The molecule has 0 amide bonds. The fourth-order valence-corrected chi connectivity index (χ4v) is 3.64. The molecule has 27 heavy (non-hydrogen) atoms. The molecule has 2 aromatic carbocycles. The molecule has 2 rings (SSSR count). The van der Waals surface area contributed by atoms with E-state index in [4.69, 9.17) is 5.11 Å². The van der Waals surface area contributed by atoms with Crippen LogP contribution >= 0.6 is 0 Å². The van der Waals surface area contributed by atoms with Crippen LogP contribution < -0.4 is 9.62 Å². The van der Waals surface area contributed by atoms with Crippen molar-refractivity contribution in [2.24, 2.45) is 0 Å². The van der Waals surface area contributed by atoms with Gasteiger partial charge in [-0.05, 0) is 55.3 Å². The summed E-state index contributed by atoms with van der Waals surface area (Å²) in [7, 11) is -3.62. The maximum absolute atomic E-state index is 12.4. The lowest BCUT2D eigenvalue weighted by molar-refractivity contribution is -0.131. The average Bonchev–Trinajstić information content (AvgIpc) is 2.64. The highest BCUT2D eigenvalue weighted by Crippen LogP contribution is 2.15. The fourth-order valence-electron chi connectivity index (χ4n) is 2.62. The number of likely N-dealkylation sites (N-methyl/N-ethyl adjacent to an activating group) is 1. The lowest BCUT2D eigenvalue weighted by Crippen LogP contribution is -2.35. The van der Waals surface area contributed by atoms with E-state index in [1.54, 1.807) is 12.1 Å². The monoisotopic (exact) mass is 388 g/mol. The van der Waals surface area contributed by atoms with E-state index in [-0.39, 0.29) is 11.4 Å². The molecule has 2 aromatic rings. The number of benzene rings is 2. The number of sulfonamides is 1. The molecule has 0 bridgehead atoms. The van der Waals surface area contributed by atoms with Gasteiger partial charge in [0.1, 0.15) is 0 Å². The standard InChI is InChI=1S/C20H24N2O4S/c1-3-22(18-6-4-5-16(2)15-18)14-13-21-27(25,26)19-10-7-17(8-11-19)9-12-20(23)24/h4-12,15,21H,3,13-14H2,1-2H3,(H,23,24)/b12-9+. The van der Waals surface area contributed by atoms with Gasteiger partial charge in [-0.2, -0.15) is 0 Å². The number of rotatable bonds is 9. The van der Waals surface area contributed by atoms with E-state index >= 15 is 0 Å². The molecule has 0 saturated carbocycles. The van der Waals surface area contributed by atoms with Gasteiger partial charge in [-0.1, -0.05) is 24.3 Å². The molecule has 0 fully saturated rings. The third-order valence-corrected chi connectivity index (χ3v) is 5.51. The first kappa shape index (κ1) is 20.7. The predicted octanol–water partition coefficient (Wildman–Crippen LogP) is 2.90. The summed E-state index contributed by atoms with van der Waals surface area (Å²) in [5.41, 5.74) is 2.84. The van der Waals surface area contributed by atoms with Gasteiger partial charge in [0, 0.05) is 31.4 Å². The normalized spacial score (nSPS) is 11.6. The van der Waals surface area contributed by atoms with Crippen molar-refractivity contribution in [2.45, 2.75) is 18.7 Å². The smallest absolute Gasteiger partial charge is 0.328 e. The number of hydrogen-bond donors (Lipinski definition) is 2. The SMILES string of the molecule is CCN(CCNS(=O)(=O)c1ccc(/C=C/C(=O)O)cc1)c1cccc(C)c1. The molecule has 0 aliphatic carbocycles. The van der Waals surface area contributed by atoms with Gasteiger partial charge in [0.25, 0.3) is 0 Å². The van der Waals surface area contributed by atoms with E-state index in [2.05, 4.69) is 15.7 Å². The number of carboxylic acids is 1. The van der Waals surface area contributed by atoms with E-state index in [0.29, 0.717) is 12.1 Å². The number of nitrogens with one attached hydrogen (secondary N) is 1. The van der Waals surface area contributed by atoms with Gasteiger partial charge < -0.3 is 10.0 Å². The Bertz CT molecular complexity index is 906. The molecule has 0 saturated heterocycles. The minimum absolute atomic E-state index is 0.147. The molecule has 2 N–H and O–H groups in total. The molecular weight excluding hydrogens is 364 g/mol. The molecule has 6 nitrogen and oxygen atoms in total. The van der Waals surface area contributed by atoms with Crippen LogP contribution in [0.15, 0.2) is 59.5 Å². The molecule has 0 aliphatic heterocycles. The predicted molar refractivity (Wildman–Crippen MR) is 107 cm³/mol. The Balaban J connectivity index is 1.98. The Kier molecular flexibility index (Phi) is 7.15. The first-order chi connectivity index (χ1) is 12.8. The Hall–Kier alpha value is -2.64. The summed E-state index contributed by atoms with van der Waals surface area (Å²) in [5, 5.41) is 8.62. The van der Waals surface area contributed by atoms with Gasteiger partial charge in [0.05, 0.1) is 4.90 Å². The van der Waals surface area contributed by atoms with Gasteiger partial charge in [0.2, 0.25) is 10.0 Å². The number of aryl methyl sites for hydroxylation is 1. The van der Waals surface area contributed by atoms with Crippen molar-refractivity contribution in [3.8, 4) is 0 Å². The number of anilines is 1. The highest BCUT2D eigenvalue weighted by Gasteiger charge is 2.14. The summed E-state index contributed by atoms with van der Waals surface area (Å²) in [6.45, 7) is 5.66. The summed E-state index contributed by atoms with van der Waals surface area (Å²) >= 11 is 0. The molecule has 0 unspecified atom stereocenters. The van der Waals surface area contributed by atoms with Crippen LogP contribution in [0.2, 0.25) is 0 Å². The third kappa shape index (κ3) is 6.23. The van der Waals surface area contributed by atoms with Crippen LogP contribution in [0.3, 0.4) is 0 Å². The topological polar surface area (TPSA) is 86.7 Å². The van der Waals surface area contributed by atoms with Crippen molar-refractivity contribution in [3.63, 3.8) is 0 Å². The first-order valence-corrected chi connectivity index (χ1v) is 10.1. The van der Waals surface area contributed by atoms with Crippen LogP contribution in [0.1, 0.15) is 18.1 Å². The van der Waals surface area contributed by atoms with Crippen molar-refractivity contribution in [1.29, 1.82) is 0 Å². The molecular formula is C20H24N2O4S. The van der Waals surface area contributed by atoms with Gasteiger partial charge in [-0.15, -0.1) is 0 Å². The zero-order chi connectivity index (χ0) is 19.9. The second-order valence-corrected chi connectivity index (χ2v) is 7.82. The quantitative estimate of drug-likeness (QED) is 0.645. The Morgan fingerprint density at radius 3 is 2.48 bits per heavy atom. The highest BCUT2D eigenvalue weighted by atomic mass is 32.2. The molecule has 7 heteroatoms. The van der Waals surface area contributed by atoms with Gasteiger partial charge >= 0.3 is 5.97 Å². The second kappa shape index (κ2) is 9.34. The van der Waals surface area contributed by atoms with E-state index < -0.39 is 16.0 Å². The maximum Gasteiger partial charge on any atom is 0.328 e. The molecule has 0 radical (unpaired) electrons. The van der Waals surface area contributed by atoms with E-state index in [1.807, 2.05) is 32.0 Å². The van der Waals surface area contributed by atoms with Gasteiger partial charge in [0.15, 0.2) is 0 Å². The van der Waals surface area contributed by atoms with E-state index in [0.717, 1.165) is 23.9 Å². The van der Waals surface area contributed by atoms with Crippen LogP contribution in [0, 0.1) is 6.92 Å². The molecule has 0 heterocycles. The zero-order valence-corrected chi connectivity index (χ0v) is 16.2. The summed E-state index contributed by atoms with van der Waals surface area (Å²) in [6, 6.07) is 14.1. The minimum Gasteiger partial charge on any atom is -0.478 e. The van der Waals surface area contributed by atoms with Crippen LogP contribution in [0.25, 0.3) is 6.08 Å². The first-order valence-electron chi connectivity index (χ1n) is 8.64. The highest BCUT2D eigenvalue weighted by molar-refractivity contribution is 7.89.